The lowest BCUT2D eigenvalue weighted by atomic mass is 9.96. The molecule has 0 aliphatic heterocycles. The van der Waals surface area contributed by atoms with Crippen LogP contribution in [0.1, 0.15) is 44.6 Å². The number of nitrogens with zero attached hydrogens (tertiary/aromatic N) is 1. The van der Waals surface area contributed by atoms with Crippen molar-refractivity contribution < 1.29 is 4.74 Å². The normalized spacial score (nSPS) is 18.1. The van der Waals surface area contributed by atoms with Crippen molar-refractivity contribution >= 4 is 5.96 Å². The lowest BCUT2D eigenvalue weighted by molar-refractivity contribution is 0.0945. The molecule has 1 atom stereocenters. The minimum absolute atomic E-state index is 0.371. The first-order chi connectivity index (χ1) is 10.7. The maximum Gasteiger partial charge on any atom is 0.188 e. The van der Waals surface area contributed by atoms with Crippen molar-refractivity contribution in [2.24, 2.45) is 16.6 Å². The fourth-order valence-electron chi connectivity index (χ4n) is 2.76. The molecule has 1 saturated carbocycles. The number of aliphatic imine (C=N–C) groups is 1. The largest absolute Gasteiger partial charge is 0.376 e. The highest BCUT2D eigenvalue weighted by Crippen LogP contribution is 2.17. The first kappa shape index (κ1) is 16.8. The van der Waals surface area contributed by atoms with Gasteiger partial charge >= 0.3 is 0 Å². The van der Waals surface area contributed by atoms with E-state index < -0.39 is 0 Å². The average Bonchev–Trinajstić information content (AvgIpc) is 2.55. The fourth-order valence-corrected chi connectivity index (χ4v) is 2.76. The summed E-state index contributed by atoms with van der Waals surface area (Å²) in [4.78, 5) is 4.45. The SMILES string of the molecule is CC(CN=C(N)NC1CCCCC1)COCc1ccccc1. The van der Waals surface area contributed by atoms with Crippen molar-refractivity contribution in [1.82, 2.24) is 5.32 Å². The van der Waals surface area contributed by atoms with Crippen LogP contribution in [-0.4, -0.2) is 25.2 Å². The number of benzene rings is 1. The molecule has 0 heterocycles. The number of nitrogens with one attached hydrogen (secondary N) is 1. The maximum absolute atomic E-state index is 5.97. The summed E-state index contributed by atoms with van der Waals surface area (Å²) in [6, 6.07) is 10.8. The minimum atomic E-state index is 0.371. The first-order valence-corrected chi connectivity index (χ1v) is 8.42. The van der Waals surface area contributed by atoms with Crippen molar-refractivity contribution in [1.29, 1.82) is 0 Å². The van der Waals surface area contributed by atoms with Crippen molar-refractivity contribution in [3.05, 3.63) is 35.9 Å². The van der Waals surface area contributed by atoms with Gasteiger partial charge in [-0.3, -0.25) is 4.99 Å². The molecule has 2 rings (SSSR count). The van der Waals surface area contributed by atoms with Gasteiger partial charge in [-0.2, -0.15) is 0 Å². The van der Waals surface area contributed by atoms with Gasteiger partial charge in [-0.15, -0.1) is 0 Å². The number of nitrogens with two attached hydrogens (primary N) is 1. The van der Waals surface area contributed by atoms with Gasteiger partial charge < -0.3 is 15.8 Å². The summed E-state index contributed by atoms with van der Waals surface area (Å²) in [7, 11) is 0. The molecule has 1 aliphatic carbocycles. The summed E-state index contributed by atoms with van der Waals surface area (Å²) < 4.78 is 5.73. The van der Waals surface area contributed by atoms with Crippen LogP contribution in [0.2, 0.25) is 0 Å². The predicted octanol–water partition coefficient (Wildman–Crippen LogP) is 3.08. The molecule has 3 N–H and O–H groups in total. The molecule has 4 heteroatoms. The molecule has 0 aromatic heterocycles. The Morgan fingerprint density at radius 1 is 1.27 bits per heavy atom. The molecule has 0 spiro atoms. The van der Waals surface area contributed by atoms with Gasteiger partial charge in [0.1, 0.15) is 0 Å². The van der Waals surface area contributed by atoms with Crippen LogP contribution in [0.3, 0.4) is 0 Å². The van der Waals surface area contributed by atoms with Crippen LogP contribution < -0.4 is 11.1 Å². The molecular weight excluding hydrogens is 274 g/mol. The minimum Gasteiger partial charge on any atom is -0.376 e. The number of ether oxygens (including phenoxy) is 1. The third-order valence-electron chi connectivity index (χ3n) is 4.04. The van der Waals surface area contributed by atoms with Gasteiger partial charge in [-0.1, -0.05) is 56.5 Å². The monoisotopic (exact) mass is 303 g/mol. The number of rotatable bonds is 7. The summed E-state index contributed by atoms with van der Waals surface area (Å²) in [5.74, 6) is 0.956. The van der Waals surface area contributed by atoms with Gasteiger partial charge in [-0.05, 0) is 24.3 Å². The van der Waals surface area contributed by atoms with E-state index in [1.165, 1.54) is 37.7 Å². The standard InChI is InChI=1S/C18H29N3O/c1-15(13-22-14-16-8-4-2-5-9-16)12-20-18(19)21-17-10-6-3-7-11-17/h2,4-5,8-9,15,17H,3,6-7,10-14H2,1H3,(H3,19,20,21). The summed E-state index contributed by atoms with van der Waals surface area (Å²) in [6.45, 7) is 4.21. The van der Waals surface area contributed by atoms with E-state index in [0.717, 1.165) is 0 Å². The summed E-state index contributed by atoms with van der Waals surface area (Å²) >= 11 is 0. The third kappa shape index (κ3) is 6.48. The van der Waals surface area contributed by atoms with E-state index in [1.807, 2.05) is 18.2 Å². The van der Waals surface area contributed by atoms with Gasteiger partial charge in [0.25, 0.3) is 0 Å². The smallest absolute Gasteiger partial charge is 0.188 e. The van der Waals surface area contributed by atoms with E-state index >= 15 is 0 Å². The Hall–Kier alpha value is -1.55. The van der Waals surface area contributed by atoms with Gasteiger partial charge in [0.15, 0.2) is 5.96 Å². The maximum atomic E-state index is 5.97. The van der Waals surface area contributed by atoms with Crippen LogP contribution in [-0.2, 0) is 11.3 Å². The van der Waals surface area contributed by atoms with Crippen LogP contribution in [0.4, 0.5) is 0 Å². The van der Waals surface area contributed by atoms with Crippen molar-refractivity contribution in [3.8, 4) is 0 Å². The number of hydrogen-bond donors (Lipinski definition) is 2. The van der Waals surface area contributed by atoms with E-state index in [-0.39, 0.29) is 0 Å². The fraction of sp³-hybridized carbons (Fsp3) is 0.611. The Labute approximate surface area is 134 Å². The second-order valence-corrected chi connectivity index (χ2v) is 6.31. The second kappa shape index (κ2) is 9.46. The molecule has 0 bridgehead atoms. The van der Waals surface area contributed by atoms with E-state index in [9.17, 15) is 0 Å². The Bertz CT molecular complexity index is 441. The van der Waals surface area contributed by atoms with E-state index in [1.54, 1.807) is 0 Å². The molecule has 0 amide bonds. The zero-order valence-electron chi connectivity index (χ0n) is 13.6. The molecule has 1 aromatic carbocycles. The Kier molecular flexibility index (Phi) is 7.23. The topological polar surface area (TPSA) is 59.6 Å². The number of guanidine groups is 1. The van der Waals surface area contributed by atoms with Crippen molar-refractivity contribution in [3.63, 3.8) is 0 Å². The molecule has 4 nitrogen and oxygen atoms in total. The molecule has 1 unspecified atom stereocenters. The Balaban J connectivity index is 1.61. The second-order valence-electron chi connectivity index (χ2n) is 6.31. The zero-order valence-corrected chi connectivity index (χ0v) is 13.6. The molecule has 0 radical (unpaired) electrons. The van der Waals surface area contributed by atoms with Gasteiger partial charge in [0.2, 0.25) is 0 Å². The van der Waals surface area contributed by atoms with Crippen LogP contribution in [0.25, 0.3) is 0 Å². The summed E-state index contributed by atoms with van der Waals surface area (Å²) in [5, 5.41) is 3.34. The van der Waals surface area contributed by atoms with Crippen LogP contribution in [0.5, 0.6) is 0 Å². The van der Waals surface area contributed by atoms with Gasteiger partial charge in [0, 0.05) is 12.6 Å². The molecule has 1 aliphatic rings. The molecule has 122 valence electrons. The highest BCUT2D eigenvalue weighted by Gasteiger charge is 2.13. The van der Waals surface area contributed by atoms with Crippen LogP contribution >= 0.6 is 0 Å². The van der Waals surface area contributed by atoms with Crippen LogP contribution in [0.15, 0.2) is 35.3 Å². The lowest BCUT2D eigenvalue weighted by Crippen LogP contribution is -2.41. The summed E-state index contributed by atoms with van der Waals surface area (Å²) in [5.41, 5.74) is 7.18. The molecular formula is C18H29N3O. The zero-order chi connectivity index (χ0) is 15.6. The molecule has 0 saturated heterocycles. The summed E-state index contributed by atoms with van der Waals surface area (Å²) in [6.07, 6.45) is 6.38. The molecule has 22 heavy (non-hydrogen) atoms. The number of hydrogen-bond acceptors (Lipinski definition) is 2. The quantitative estimate of drug-likeness (QED) is 0.601. The lowest BCUT2D eigenvalue weighted by Gasteiger charge is -2.23. The average molecular weight is 303 g/mol. The first-order valence-electron chi connectivity index (χ1n) is 8.42. The Morgan fingerprint density at radius 3 is 2.73 bits per heavy atom. The van der Waals surface area contributed by atoms with Crippen molar-refractivity contribution in [2.45, 2.75) is 51.7 Å². The molecule has 1 aromatic rings. The highest BCUT2D eigenvalue weighted by atomic mass is 16.5. The third-order valence-corrected chi connectivity index (χ3v) is 4.04. The van der Waals surface area contributed by atoms with Crippen LogP contribution in [0, 0.1) is 5.92 Å². The Morgan fingerprint density at radius 2 is 2.00 bits per heavy atom. The molecule has 1 fully saturated rings. The highest BCUT2D eigenvalue weighted by molar-refractivity contribution is 5.78. The predicted molar refractivity (Wildman–Crippen MR) is 91.8 cm³/mol. The van der Waals surface area contributed by atoms with E-state index in [0.29, 0.717) is 37.7 Å². The van der Waals surface area contributed by atoms with Gasteiger partial charge in [-0.25, -0.2) is 0 Å². The van der Waals surface area contributed by atoms with Gasteiger partial charge in [0.05, 0.1) is 13.2 Å². The van der Waals surface area contributed by atoms with E-state index in [2.05, 4.69) is 29.4 Å². The van der Waals surface area contributed by atoms with E-state index in [4.69, 9.17) is 10.5 Å². The van der Waals surface area contributed by atoms with Crippen molar-refractivity contribution in [2.75, 3.05) is 13.2 Å².